The van der Waals surface area contributed by atoms with E-state index in [-0.39, 0.29) is 11.5 Å². The summed E-state index contributed by atoms with van der Waals surface area (Å²) in [7, 11) is 0. The van der Waals surface area contributed by atoms with E-state index >= 15 is 0 Å². The Morgan fingerprint density at radius 1 is 1.23 bits per heavy atom. The summed E-state index contributed by atoms with van der Waals surface area (Å²) in [5, 5.41) is 1.42. The number of halogens is 1. The summed E-state index contributed by atoms with van der Waals surface area (Å²) in [6.07, 6.45) is 8.56. The molecule has 1 aliphatic carbocycles. The van der Waals surface area contributed by atoms with Crippen LogP contribution in [-0.4, -0.2) is 34.9 Å². The second-order valence-corrected chi connectivity index (χ2v) is 10.5. The minimum Gasteiger partial charge on any atom is -0.381 e. The number of hydrogen-bond donors (Lipinski definition) is 2. The average molecular weight is 460 g/mol. The van der Waals surface area contributed by atoms with Gasteiger partial charge in [0, 0.05) is 29.4 Å². The third kappa shape index (κ3) is 5.16. The van der Waals surface area contributed by atoms with Crippen molar-refractivity contribution in [3.8, 4) is 0 Å². The minimum absolute atomic E-state index is 0.112. The molecule has 1 saturated heterocycles. The predicted octanol–water partition coefficient (Wildman–Crippen LogP) is 4.65. The van der Waals surface area contributed by atoms with Crippen molar-refractivity contribution >= 4 is 41.3 Å². The van der Waals surface area contributed by atoms with Gasteiger partial charge in [-0.25, -0.2) is 9.97 Å². The van der Waals surface area contributed by atoms with Gasteiger partial charge in [-0.2, -0.15) is 0 Å². The van der Waals surface area contributed by atoms with Crippen molar-refractivity contribution in [2.75, 3.05) is 23.7 Å². The molecule has 8 heteroatoms. The van der Waals surface area contributed by atoms with Gasteiger partial charge in [0.15, 0.2) is 5.82 Å². The molecule has 0 atom stereocenters. The molecule has 1 aromatic carbocycles. The molecule has 4 N–H and O–H groups in total. The highest BCUT2D eigenvalue weighted by molar-refractivity contribution is 7.99. The topological polar surface area (TPSA) is 98.1 Å². The van der Waals surface area contributed by atoms with Gasteiger partial charge in [-0.1, -0.05) is 35.5 Å². The molecule has 31 heavy (non-hydrogen) atoms. The van der Waals surface area contributed by atoms with Gasteiger partial charge in [0.05, 0.1) is 11.2 Å². The monoisotopic (exact) mass is 459 g/mol. The molecule has 4 rings (SSSR count). The van der Waals surface area contributed by atoms with Crippen LogP contribution in [0.5, 0.6) is 0 Å². The maximum absolute atomic E-state index is 11.1. The Morgan fingerprint density at radius 3 is 2.58 bits per heavy atom. The first-order chi connectivity index (χ1) is 14.9. The maximum atomic E-state index is 11.1. The molecule has 2 fully saturated rings. The quantitative estimate of drug-likeness (QED) is 0.627. The number of piperidine rings is 1. The van der Waals surface area contributed by atoms with Crippen molar-refractivity contribution in [3.05, 3.63) is 35.0 Å². The van der Waals surface area contributed by atoms with Crippen LogP contribution < -0.4 is 16.4 Å². The van der Waals surface area contributed by atoms with Gasteiger partial charge >= 0.3 is 0 Å². The molecule has 2 heterocycles. The van der Waals surface area contributed by atoms with E-state index in [0.29, 0.717) is 16.8 Å². The average Bonchev–Trinajstić information content (AvgIpc) is 2.76. The summed E-state index contributed by atoms with van der Waals surface area (Å²) in [5.41, 5.74) is 13.5. The summed E-state index contributed by atoms with van der Waals surface area (Å²) in [6, 6.07) is 6.12. The Hall–Kier alpha value is -1.83. The van der Waals surface area contributed by atoms with E-state index in [1.165, 1.54) is 11.8 Å². The van der Waals surface area contributed by atoms with Crippen molar-refractivity contribution in [1.82, 2.24) is 9.97 Å². The maximum Gasteiger partial charge on any atom is 0.158 e. The van der Waals surface area contributed by atoms with Gasteiger partial charge in [0.1, 0.15) is 17.1 Å². The largest absolute Gasteiger partial charge is 0.381 e. The molecule has 2 aliphatic rings. The van der Waals surface area contributed by atoms with E-state index in [0.717, 1.165) is 79.2 Å². The first-order valence-electron chi connectivity index (χ1n) is 10.9. The van der Waals surface area contributed by atoms with E-state index in [1.807, 2.05) is 12.1 Å². The molecule has 1 saturated carbocycles. The number of hydrogen-bond acceptors (Lipinski definition) is 7. The smallest absolute Gasteiger partial charge is 0.158 e. The van der Waals surface area contributed by atoms with Gasteiger partial charge < -0.3 is 21.2 Å². The van der Waals surface area contributed by atoms with Crippen molar-refractivity contribution in [3.63, 3.8) is 0 Å². The molecule has 0 bridgehead atoms. The number of carbonyl (C=O) groups excluding carboxylic acids is 1. The molecule has 1 aromatic heterocycles. The first-order valence-corrected chi connectivity index (χ1v) is 12.1. The fourth-order valence-corrected chi connectivity index (χ4v) is 5.67. The summed E-state index contributed by atoms with van der Waals surface area (Å²) in [6.45, 7) is 3.80. The number of benzene rings is 1. The number of rotatable bonds is 5. The van der Waals surface area contributed by atoms with Crippen LogP contribution >= 0.6 is 23.4 Å². The highest BCUT2D eigenvalue weighted by Crippen LogP contribution is 2.43. The van der Waals surface area contributed by atoms with Crippen molar-refractivity contribution in [1.29, 1.82) is 0 Å². The lowest BCUT2D eigenvalue weighted by atomic mass is 9.79. The number of nitrogens with zero attached hydrogens (tertiary/aromatic N) is 3. The van der Waals surface area contributed by atoms with Gasteiger partial charge in [-0.05, 0) is 63.0 Å². The van der Waals surface area contributed by atoms with Crippen LogP contribution in [0.15, 0.2) is 34.3 Å². The Kier molecular flexibility index (Phi) is 6.74. The highest BCUT2D eigenvalue weighted by Gasteiger charge is 2.27. The number of anilines is 2. The molecule has 0 radical (unpaired) electrons. The molecule has 2 aromatic rings. The fourth-order valence-electron chi connectivity index (χ4n) is 4.45. The summed E-state index contributed by atoms with van der Waals surface area (Å²) < 4.78 is 0. The van der Waals surface area contributed by atoms with Gasteiger partial charge in [-0.15, -0.1) is 0 Å². The van der Waals surface area contributed by atoms with E-state index in [2.05, 4.69) is 27.9 Å². The third-order valence-electron chi connectivity index (χ3n) is 6.58. The molecular formula is C23H30ClN5OS. The molecular weight excluding hydrogens is 430 g/mol. The number of carbonyl (C=O) groups is 1. The lowest BCUT2D eigenvalue weighted by Gasteiger charge is -2.37. The molecule has 0 amide bonds. The fraction of sp³-hybridized carbons (Fsp3) is 0.522. The molecule has 0 spiro atoms. The summed E-state index contributed by atoms with van der Waals surface area (Å²) in [4.78, 5) is 23.4. The number of nitrogen functional groups attached to an aromatic ring is 1. The van der Waals surface area contributed by atoms with Crippen LogP contribution in [0.4, 0.5) is 11.6 Å². The second kappa shape index (κ2) is 9.35. The molecule has 0 unspecified atom stereocenters. The summed E-state index contributed by atoms with van der Waals surface area (Å²) in [5.74, 6) is 1.79. The van der Waals surface area contributed by atoms with Crippen molar-refractivity contribution in [2.45, 2.75) is 66.8 Å². The zero-order valence-corrected chi connectivity index (χ0v) is 19.5. The zero-order chi connectivity index (χ0) is 22.0. The van der Waals surface area contributed by atoms with E-state index in [4.69, 9.17) is 23.1 Å². The standard InChI is InChI=1S/C23H30ClN5OS/c1-23(26)9-11-29(12-10-23)19-13-27-22(21(25)28-19)31-18-4-2-3-17(20(18)24)16-7-5-15(14-30)6-8-16/h2-4,13-16H,5-12,26H2,1H3,(H2,25,28). The van der Waals surface area contributed by atoms with Gasteiger partial charge in [0.25, 0.3) is 0 Å². The number of aromatic nitrogens is 2. The van der Waals surface area contributed by atoms with Crippen LogP contribution in [-0.2, 0) is 4.79 Å². The Balaban J connectivity index is 1.47. The van der Waals surface area contributed by atoms with Gasteiger partial charge in [0.2, 0.25) is 0 Å². The van der Waals surface area contributed by atoms with Crippen LogP contribution in [0.25, 0.3) is 0 Å². The zero-order valence-electron chi connectivity index (χ0n) is 17.9. The third-order valence-corrected chi connectivity index (χ3v) is 8.19. The normalized spacial score (nSPS) is 23.5. The van der Waals surface area contributed by atoms with Crippen LogP contribution in [0.3, 0.4) is 0 Å². The Labute approximate surface area is 193 Å². The lowest BCUT2D eigenvalue weighted by Crippen LogP contribution is -2.48. The number of nitrogens with two attached hydrogens (primary N) is 2. The lowest BCUT2D eigenvalue weighted by molar-refractivity contribution is -0.111. The second-order valence-electron chi connectivity index (χ2n) is 9.07. The molecule has 6 nitrogen and oxygen atoms in total. The highest BCUT2D eigenvalue weighted by atomic mass is 35.5. The van der Waals surface area contributed by atoms with E-state index in [1.54, 1.807) is 6.20 Å². The summed E-state index contributed by atoms with van der Waals surface area (Å²) >= 11 is 8.25. The minimum atomic E-state index is -0.112. The van der Waals surface area contributed by atoms with Crippen LogP contribution in [0, 0.1) is 5.92 Å². The SMILES string of the molecule is CC1(N)CCN(c2cnc(Sc3cccc(C4CCC(C=O)CC4)c3Cl)c(N)n2)CC1. The Morgan fingerprint density at radius 2 is 1.94 bits per heavy atom. The van der Waals surface area contributed by atoms with Crippen LogP contribution in [0.1, 0.15) is 56.9 Å². The Bertz CT molecular complexity index is 936. The van der Waals surface area contributed by atoms with Gasteiger partial charge in [-0.3, -0.25) is 0 Å². The predicted molar refractivity (Wildman–Crippen MR) is 127 cm³/mol. The molecule has 166 valence electrons. The van der Waals surface area contributed by atoms with Crippen molar-refractivity contribution in [2.24, 2.45) is 11.7 Å². The van der Waals surface area contributed by atoms with Crippen molar-refractivity contribution < 1.29 is 4.79 Å². The number of aldehydes is 1. The molecule has 1 aliphatic heterocycles. The van der Waals surface area contributed by atoms with E-state index < -0.39 is 0 Å². The van der Waals surface area contributed by atoms with E-state index in [9.17, 15) is 4.79 Å². The first kappa shape index (κ1) is 22.4. The van der Waals surface area contributed by atoms with Crippen LogP contribution in [0.2, 0.25) is 5.02 Å².